The van der Waals surface area contributed by atoms with Crippen molar-refractivity contribution in [3.63, 3.8) is 0 Å². The number of carbonyl (C=O) groups excluding carboxylic acids is 3. The Hall–Kier alpha value is -6.39. The fraction of sp³-hybridized carbons (Fsp3) is 0.576. The first-order valence-electron chi connectivity index (χ1n) is 39.9. The van der Waals surface area contributed by atoms with Crippen molar-refractivity contribution >= 4 is 17.9 Å². The standard InChI is InChI=1S/C92H145NO8/c1-6-8-10-12-14-16-18-20-22-24-26-28-30-32-34-36-38-40-42-44-45-47-49-51-53-55-57-59-61-63-65-67-69-71-73-75-77-79-81-83-90(95)101-88(87-100-92(91(96)97)98-85-84-93(3,4)5)86-99-89(94)82-80-78-76-74-72-70-68-66-64-62-60-58-56-54-52-50-48-46-43-41-39-37-35-33-31-29-27-25-23-21-19-17-15-13-11-9-7-2/h8-11,14-17,20-23,26-29,32-35,38-41,44-46,48-49,51-52,54-55,57-58,60,88,92H,6-7,12-13,18-19,24-25,30-31,36-37,42-43,47,50,53,56,59,61-87H2,1-5H3/b10-8-,11-9-,16-14-,17-15-,22-20-,23-21-,28-26-,29-27-,34-32-,35-33-,40-38-,41-39-,45-44-,48-46-,51-49-,54-52-,57-55-,60-58-. The second-order valence-corrected chi connectivity index (χ2v) is 26.9. The van der Waals surface area contributed by atoms with Crippen LogP contribution in [-0.4, -0.2) is 82.3 Å². The summed E-state index contributed by atoms with van der Waals surface area (Å²) in [6.07, 6.45) is 122. The number of rotatable bonds is 71. The zero-order valence-corrected chi connectivity index (χ0v) is 64.7. The number of likely N-dealkylation sites (N-methyl/N-ethyl adjacent to an activating group) is 1. The van der Waals surface area contributed by atoms with E-state index in [1.54, 1.807) is 0 Å². The van der Waals surface area contributed by atoms with Crippen LogP contribution in [-0.2, 0) is 33.3 Å². The lowest BCUT2D eigenvalue weighted by Crippen LogP contribution is -2.44. The molecule has 0 spiro atoms. The second kappa shape index (κ2) is 79.3. The summed E-state index contributed by atoms with van der Waals surface area (Å²) in [5.41, 5.74) is 0. The van der Waals surface area contributed by atoms with Crippen molar-refractivity contribution in [3.8, 4) is 0 Å². The van der Waals surface area contributed by atoms with E-state index in [0.29, 0.717) is 17.4 Å². The van der Waals surface area contributed by atoms with E-state index in [2.05, 4.69) is 233 Å². The van der Waals surface area contributed by atoms with Gasteiger partial charge in [0.05, 0.1) is 40.3 Å². The van der Waals surface area contributed by atoms with Crippen LogP contribution in [0.25, 0.3) is 0 Å². The van der Waals surface area contributed by atoms with E-state index in [9.17, 15) is 19.5 Å². The van der Waals surface area contributed by atoms with Crippen molar-refractivity contribution in [2.75, 3.05) is 47.5 Å². The van der Waals surface area contributed by atoms with E-state index in [1.165, 1.54) is 77.0 Å². The number of hydrogen-bond acceptors (Lipinski definition) is 8. The summed E-state index contributed by atoms with van der Waals surface area (Å²) in [5.74, 6) is -2.31. The molecule has 2 atom stereocenters. The Bertz CT molecular complexity index is 2470. The normalized spacial score (nSPS) is 13.9. The molecular weight excluding hydrogens is 1250 g/mol. The van der Waals surface area contributed by atoms with Gasteiger partial charge in [-0.3, -0.25) is 9.59 Å². The Kier molecular flexibility index (Phi) is 74.3. The summed E-state index contributed by atoms with van der Waals surface area (Å²) in [4.78, 5) is 37.6. The lowest BCUT2D eigenvalue weighted by Gasteiger charge is -2.26. The maximum absolute atomic E-state index is 13.0. The van der Waals surface area contributed by atoms with E-state index in [-0.39, 0.29) is 38.6 Å². The molecule has 0 aromatic heterocycles. The van der Waals surface area contributed by atoms with E-state index in [1.807, 2.05) is 21.1 Å². The molecule has 0 bridgehead atoms. The minimum atomic E-state index is -1.64. The van der Waals surface area contributed by atoms with Crippen molar-refractivity contribution in [1.82, 2.24) is 0 Å². The van der Waals surface area contributed by atoms with Gasteiger partial charge in [0.25, 0.3) is 0 Å². The topological polar surface area (TPSA) is 111 Å². The van der Waals surface area contributed by atoms with Crippen LogP contribution in [0.5, 0.6) is 0 Å². The first-order valence-corrected chi connectivity index (χ1v) is 39.9. The van der Waals surface area contributed by atoms with Crippen molar-refractivity contribution in [2.45, 2.75) is 296 Å². The van der Waals surface area contributed by atoms with Gasteiger partial charge in [0, 0.05) is 12.8 Å². The van der Waals surface area contributed by atoms with E-state index < -0.39 is 24.3 Å². The van der Waals surface area contributed by atoms with Gasteiger partial charge in [0.1, 0.15) is 13.2 Å². The molecule has 0 rings (SSSR count). The lowest BCUT2D eigenvalue weighted by molar-refractivity contribution is -0.870. The average Bonchev–Trinajstić information content (AvgIpc) is 1.21. The lowest BCUT2D eigenvalue weighted by atomic mass is 10.0. The van der Waals surface area contributed by atoms with Crippen LogP contribution in [0.2, 0.25) is 0 Å². The Morgan fingerprint density at radius 1 is 0.297 bits per heavy atom. The molecule has 0 aliphatic rings. The van der Waals surface area contributed by atoms with E-state index >= 15 is 0 Å². The van der Waals surface area contributed by atoms with Crippen LogP contribution in [0.3, 0.4) is 0 Å². The minimum Gasteiger partial charge on any atom is -0.545 e. The predicted molar refractivity (Wildman–Crippen MR) is 434 cm³/mol. The number of allylic oxidation sites excluding steroid dienone is 36. The predicted octanol–water partition coefficient (Wildman–Crippen LogP) is 24.7. The third kappa shape index (κ3) is 80.8. The van der Waals surface area contributed by atoms with Crippen molar-refractivity contribution in [2.24, 2.45) is 0 Å². The van der Waals surface area contributed by atoms with Gasteiger partial charge in [-0.15, -0.1) is 0 Å². The number of nitrogens with zero attached hydrogens (tertiary/aromatic N) is 1. The highest BCUT2D eigenvalue weighted by Crippen LogP contribution is 2.16. The zero-order chi connectivity index (χ0) is 73.2. The van der Waals surface area contributed by atoms with Crippen LogP contribution in [0.1, 0.15) is 284 Å². The molecule has 0 aromatic carbocycles. The molecular formula is C92H145NO8. The molecule has 0 saturated carbocycles. The highest BCUT2D eigenvalue weighted by atomic mass is 16.7. The summed E-state index contributed by atoms with van der Waals surface area (Å²) < 4.78 is 22.8. The van der Waals surface area contributed by atoms with Gasteiger partial charge in [0.2, 0.25) is 0 Å². The van der Waals surface area contributed by atoms with E-state index in [0.717, 1.165) is 173 Å². The SMILES string of the molecule is CC/C=C\C/C=C\C/C=C\C/C=C\C/C=C\C/C=C\C/C=C\C/C=C\C/C=C\CCCCCCCCCCCCCC(=O)OC(COC(=O)CCCCCCCCCCC/C=C\C/C=C\C/C=C\C/C=C\C/C=C\C/C=C\C/C=C\C/C=C\C/C=C\CC)COC(OCC[N+](C)(C)C)C(=O)[O-]. The van der Waals surface area contributed by atoms with Gasteiger partial charge < -0.3 is 33.3 Å². The first-order chi connectivity index (χ1) is 49.6. The zero-order valence-electron chi connectivity index (χ0n) is 64.7. The second-order valence-electron chi connectivity index (χ2n) is 26.9. The molecule has 0 aliphatic heterocycles. The van der Waals surface area contributed by atoms with Crippen LogP contribution in [0.15, 0.2) is 219 Å². The largest absolute Gasteiger partial charge is 0.545 e. The molecule has 0 saturated heterocycles. The molecule has 566 valence electrons. The number of aliphatic carboxylic acids is 1. The average molecular weight is 1390 g/mol. The van der Waals surface area contributed by atoms with Gasteiger partial charge in [-0.25, -0.2) is 0 Å². The van der Waals surface area contributed by atoms with E-state index in [4.69, 9.17) is 18.9 Å². The molecule has 0 heterocycles. The first kappa shape index (κ1) is 94.6. The van der Waals surface area contributed by atoms with Crippen LogP contribution in [0.4, 0.5) is 0 Å². The number of carboxylic acids is 1. The van der Waals surface area contributed by atoms with Crippen LogP contribution >= 0.6 is 0 Å². The van der Waals surface area contributed by atoms with Gasteiger partial charge in [-0.05, 0) is 154 Å². The smallest absolute Gasteiger partial charge is 0.306 e. The monoisotopic (exact) mass is 1390 g/mol. The van der Waals surface area contributed by atoms with Gasteiger partial charge in [0.15, 0.2) is 12.4 Å². The summed E-state index contributed by atoms with van der Waals surface area (Å²) in [6, 6.07) is 0. The van der Waals surface area contributed by atoms with Crippen molar-refractivity contribution in [3.05, 3.63) is 219 Å². The number of hydrogen-bond donors (Lipinski definition) is 0. The van der Waals surface area contributed by atoms with Gasteiger partial charge >= 0.3 is 11.9 Å². The number of ether oxygens (including phenoxy) is 4. The molecule has 0 aliphatic carbocycles. The molecule has 0 N–H and O–H groups in total. The Balaban J connectivity index is 4.16. The summed E-state index contributed by atoms with van der Waals surface area (Å²) >= 11 is 0. The fourth-order valence-corrected chi connectivity index (χ4v) is 10.2. The Morgan fingerprint density at radius 2 is 0.535 bits per heavy atom. The van der Waals surface area contributed by atoms with Crippen LogP contribution in [0, 0.1) is 0 Å². The molecule has 0 radical (unpaired) electrons. The number of unbranched alkanes of at least 4 members (excludes halogenated alkanes) is 20. The Labute approximate surface area is 619 Å². The number of esters is 2. The number of carboxylic acid groups (broad SMARTS) is 1. The molecule has 0 aromatic rings. The Morgan fingerprint density at radius 3 is 0.792 bits per heavy atom. The molecule has 2 unspecified atom stereocenters. The molecule has 101 heavy (non-hydrogen) atoms. The fourth-order valence-electron chi connectivity index (χ4n) is 10.2. The summed E-state index contributed by atoms with van der Waals surface area (Å²) in [7, 11) is 5.92. The quantitative estimate of drug-likeness (QED) is 0.0195. The molecule has 0 amide bonds. The summed E-state index contributed by atoms with van der Waals surface area (Å²) in [6.45, 7) is 4.49. The number of quaternary nitrogens is 1. The maximum Gasteiger partial charge on any atom is 0.306 e. The highest BCUT2D eigenvalue weighted by Gasteiger charge is 2.22. The molecule has 9 nitrogen and oxygen atoms in total. The summed E-state index contributed by atoms with van der Waals surface area (Å²) in [5, 5.41) is 11.9. The van der Waals surface area contributed by atoms with Gasteiger partial charge in [-0.1, -0.05) is 335 Å². The third-order valence-electron chi connectivity index (χ3n) is 16.2. The highest BCUT2D eigenvalue weighted by molar-refractivity contribution is 5.70. The van der Waals surface area contributed by atoms with Crippen molar-refractivity contribution in [1.29, 1.82) is 0 Å². The van der Waals surface area contributed by atoms with Gasteiger partial charge in [-0.2, -0.15) is 0 Å². The van der Waals surface area contributed by atoms with Crippen LogP contribution < -0.4 is 5.11 Å². The van der Waals surface area contributed by atoms with Crippen molar-refractivity contribution < 1.29 is 42.9 Å². The molecule has 0 fully saturated rings. The molecule has 9 heteroatoms. The third-order valence-corrected chi connectivity index (χ3v) is 16.2. The minimum absolute atomic E-state index is 0.135. The number of carbonyl (C=O) groups is 3. The maximum atomic E-state index is 13.0.